The normalized spacial score (nSPS) is 9.88. The van der Waals surface area contributed by atoms with Crippen LogP contribution < -0.4 is 10.2 Å². The molecule has 0 radical (unpaired) electrons. The topological polar surface area (TPSA) is 56.8 Å². The summed E-state index contributed by atoms with van der Waals surface area (Å²) < 4.78 is 0. The maximum atomic E-state index is 5.32. The van der Waals surface area contributed by atoms with Crippen molar-refractivity contribution in [3.63, 3.8) is 0 Å². The third-order valence-corrected chi connectivity index (χ3v) is 3.18. The molecule has 0 aromatic carbocycles. The molecule has 2 heterocycles. The smallest absolute Gasteiger partial charge is 0.224 e. The van der Waals surface area contributed by atoms with E-state index in [0.29, 0.717) is 17.6 Å². The molecule has 0 aliphatic heterocycles. The highest BCUT2D eigenvalue weighted by Crippen LogP contribution is 2.21. The molecule has 2 aromatic heterocycles. The summed E-state index contributed by atoms with van der Waals surface area (Å²) in [4.78, 5) is 5.91. The van der Waals surface area contributed by atoms with Crippen LogP contribution in [0.5, 0.6) is 0 Å². The Hall–Kier alpha value is -1.73. The molecule has 2 rings (SSSR count). The minimum Gasteiger partial charge on any atom is -0.306 e. The van der Waals surface area contributed by atoms with Gasteiger partial charge >= 0.3 is 0 Å². The van der Waals surface area contributed by atoms with Gasteiger partial charge in [-0.15, -0.1) is 17.9 Å². The molecule has 2 aromatic rings. The van der Waals surface area contributed by atoms with E-state index in [-0.39, 0.29) is 0 Å². The lowest BCUT2D eigenvalue weighted by atomic mass is 10.5. The van der Waals surface area contributed by atoms with Crippen molar-refractivity contribution in [2.75, 3.05) is 16.8 Å². The maximum Gasteiger partial charge on any atom is 0.224 e. The van der Waals surface area contributed by atoms with Gasteiger partial charge in [0, 0.05) is 6.54 Å². The standard InChI is InChI=1S/C10H11N5S2/c1-2-5-15(8-4-3-6-17-8)10(16)13-9-11-7-12-14-9/h2-4,6-7H,1,5H2,(H2,11,12,13,14,16). The summed E-state index contributed by atoms with van der Waals surface area (Å²) in [5.74, 6) is 0.528. The van der Waals surface area contributed by atoms with Gasteiger partial charge in [0.15, 0.2) is 5.11 Å². The zero-order valence-electron chi connectivity index (χ0n) is 8.96. The molecule has 0 bridgehead atoms. The third-order valence-electron chi connectivity index (χ3n) is 1.97. The Morgan fingerprint density at radius 1 is 1.71 bits per heavy atom. The van der Waals surface area contributed by atoms with Gasteiger partial charge in [0.05, 0.1) is 5.00 Å². The van der Waals surface area contributed by atoms with Gasteiger partial charge in [-0.2, -0.15) is 10.1 Å². The summed E-state index contributed by atoms with van der Waals surface area (Å²) >= 11 is 6.94. The molecule has 0 aliphatic rings. The van der Waals surface area contributed by atoms with E-state index in [1.54, 1.807) is 17.4 Å². The van der Waals surface area contributed by atoms with E-state index in [0.717, 1.165) is 5.00 Å². The lowest BCUT2D eigenvalue weighted by molar-refractivity contribution is 1.09. The Morgan fingerprint density at radius 2 is 2.59 bits per heavy atom. The largest absolute Gasteiger partial charge is 0.306 e. The van der Waals surface area contributed by atoms with Crippen molar-refractivity contribution in [2.24, 2.45) is 0 Å². The second-order valence-corrected chi connectivity index (χ2v) is 4.43. The van der Waals surface area contributed by atoms with Crippen LogP contribution in [0.25, 0.3) is 0 Å². The minimum absolute atomic E-state index is 0.528. The van der Waals surface area contributed by atoms with Crippen molar-refractivity contribution >= 4 is 39.6 Å². The molecule has 0 saturated carbocycles. The number of hydrogen-bond acceptors (Lipinski definition) is 4. The molecule has 7 heteroatoms. The van der Waals surface area contributed by atoms with Gasteiger partial charge in [-0.25, -0.2) is 5.10 Å². The zero-order valence-corrected chi connectivity index (χ0v) is 10.6. The van der Waals surface area contributed by atoms with E-state index in [1.165, 1.54) is 6.33 Å². The van der Waals surface area contributed by atoms with Crippen molar-refractivity contribution in [2.45, 2.75) is 0 Å². The molecular formula is C10H11N5S2. The second-order valence-electron chi connectivity index (χ2n) is 3.11. The van der Waals surface area contributed by atoms with Crippen molar-refractivity contribution in [3.8, 4) is 0 Å². The van der Waals surface area contributed by atoms with Crippen LogP contribution in [-0.2, 0) is 0 Å². The van der Waals surface area contributed by atoms with Crippen LogP contribution in [0, 0.1) is 0 Å². The number of anilines is 2. The average Bonchev–Trinajstić information content (AvgIpc) is 2.97. The summed E-state index contributed by atoms with van der Waals surface area (Å²) in [5.41, 5.74) is 0. The van der Waals surface area contributed by atoms with E-state index in [2.05, 4.69) is 27.1 Å². The van der Waals surface area contributed by atoms with Crippen molar-refractivity contribution < 1.29 is 0 Å². The van der Waals surface area contributed by atoms with Crippen LogP contribution in [0.2, 0.25) is 0 Å². The lowest BCUT2D eigenvalue weighted by Crippen LogP contribution is -2.34. The predicted octanol–water partition coefficient (Wildman–Crippen LogP) is 2.26. The van der Waals surface area contributed by atoms with E-state index < -0.39 is 0 Å². The van der Waals surface area contributed by atoms with E-state index in [9.17, 15) is 0 Å². The first-order valence-corrected chi connectivity index (χ1v) is 6.18. The summed E-state index contributed by atoms with van der Waals surface area (Å²) in [7, 11) is 0. The highest BCUT2D eigenvalue weighted by Gasteiger charge is 2.12. The van der Waals surface area contributed by atoms with Crippen LogP contribution in [-0.4, -0.2) is 26.8 Å². The van der Waals surface area contributed by atoms with Crippen LogP contribution in [0.15, 0.2) is 36.5 Å². The van der Waals surface area contributed by atoms with Gasteiger partial charge in [0.25, 0.3) is 0 Å². The van der Waals surface area contributed by atoms with Crippen LogP contribution >= 0.6 is 23.6 Å². The van der Waals surface area contributed by atoms with E-state index >= 15 is 0 Å². The number of aromatic amines is 1. The molecule has 17 heavy (non-hydrogen) atoms. The van der Waals surface area contributed by atoms with E-state index in [4.69, 9.17) is 12.2 Å². The van der Waals surface area contributed by atoms with Crippen LogP contribution in [0.4, 0.5) is 10.9 Å². The Balaban J connectivity index is 2.11. The van der Waals surface area contributed by atoms with Crippen molar-refractivity contribution in [1.29, 1.82) is 0 Å². The van der Waals surface area contributed by atoms with Gasteiger partial charge in [-0.3, -0.25) is 0 Å². The first-order chi connectivity index (χ1) is 8.31. The number of rotatable bonds is 4. The summed E-state index contributed by atoms with van der Waals surface area (Å²) in [6, 6.07) is 3.98. The molecule has 0 fully saturated rings. The highest BCUT2D eigenvalue weighted by atomic mass is 32.1. The molecule has 0 spiro atoms. The third kappa shape index (κ3) is 2.89. The second kappa shape index (κ2) is 5.55. The lowest BCUT2D eigenvalue weighted by Gasteiger charge is -2.21. The van der Waals surface area contributed by atoms with Gasteiger partial charge in [0.1, 0.15) is 6.33 Å². The van der Waals surface area contributed by atoms with Crippen molar-refractivity contribution in [1.82, 2.24) is 15.2 Å². The number of thiophene rings is 1. The highest BCUT2D eigenvalue weighted by molar-refractivity contribution is 7.80. The fraction of sp³-hybridized carbons (Fsp3) is 0.100. The Labute approximate surface area is 108 Å². The van der Waals surface area contributed by atoms with Crippen LogP contribution in [0.1, 0.15) is 0 Å². The zero-order chi connectivity index (χ0) is 12.1. The van der Waals surface area contributed by atoms with Crippen molar-refractivity contribution in [3.05, 3.63) is 36.5 Å². The monoisotopic (exact) mass is 265 g/mol. The molecule has 5 nitrogen and oxygen atoms in total. The molecule has 2 N–H and O–H groups in total. The molecule has 0 aliphatic carbocycles. The molecule has 0 saturated heterocycles. The first kappa shape index (κ1) is 11.7. The number of hydrogen-bond donors (Lipinski definition) is 2. The van der Waals surface area contributed by atoms with E-state index in [1.807, 2.05) is 22.4 Å². The Bertz CT molecular complexity index is 477. The quantitative estimate of drug-likeness (QED) is 0.656. The molecule has 88 valence electrons. The maximum absolute atomic E-state index is 5.32. The minimum atomic E-state index is 0.528. The molecule has 0 amide bonds. The summed E-state index contributed by atoms with van der Waals surface area (Å²) in [6.07, 6.45) is 3.22. The number of aromatic nitrogens is 3. The first-order valence-electron chi connectivity index (χ1n) is 4.89. The molecular weight excluding hydrogens is 254 g/mol. The number of nitrogens with zero attached hydrogens (tertiary/aromatic N) is 3. The fourth-order valence-corrected chi connectivity index (χ4v) is 2.33. The predicted molar refractivity (Wildman–Crippen MR) is 74.5 cm³/mol. The number of thiocarbonyl (C=S) groups is 1. The fourth-order valence-electron chi connectivity index (χ4n) is 1.26. The average molecular weight is 265 g/mol. The van der Waals surface area contributed by atoms with Gasteiger partial charge in [0.2, 0.25) is 5.95 Å². The Kier molecular flexibility index (Phi) is 3.84. The van der Waals surface area contributed by atoms with Gasteiger partial charge in [-0.1, -0.05) is 6.08 Å². The van der Waals surface area contributed by atoms with Gasteiger partial charge < -0.3 is 10.2 Å². The summed E-state index contributed by atoms with van der Waals surface area (Å²) in [6.45, 7) is 4.37. The summed E-state index contributed by atoms with van der Waals surface area (Å²) in [5, 5.41) is 13.1. The SMILES string of the molecule is C=CCN(C(=S)Nc1ncn[nH]1)c1cccs1. The molecule has 0 atom stereocenters. The number of H-pyrrole nitrogens is 1. The number of nitrogens with one attached hydrogen (secondary N) is 2. The van der Waals surface area contributed by atoms with Crippen LogP contribution in [0.3, 0.4) is 0 Å². The Morgan fingerprint density at radius 3 is 3.18 bits per heavy atom. The molecule has 0 unspecified atom stereocenters. The van der Waals surface area contributed by atoms with Gasteiger partial charge in [-0.05, 0) is 29.7 Å².